The van der Waals surface area contributed by atoms with Gasteiger partial charge in [-0.25, -0.2) is 0 Å². The van der Waals surface area contributed by atoms with Gasteiger partial charge in [-0.15, -0.1) is 0 Å². The van der Waals surface area contributed by atoms with Gasteiger partial charge in [0.2, 0.25) is 0 Å². The number of nitrogens with zero attached hydrogens (tertiary/aromatic N) is 3. The molecule has 7 nitrogen and oxygen atoms in total. The molecule has 32 heavy (non-hydrogen) atoms. The lowest BCUT2D eigenvalue weighted by atomic mass is 10.1. The fourth-order valence-corrected chi connectivity index (χ4v) is 4.17. The molecule has 1 aromatic carbocycles. The standard InChI is InChI=1S/C25H31N5O2/c1-2-3-12-30-19-22(21-9-10-26-23(21)25(30)32)24(31)27-11-13-28-14-16-29(17-15-28)18-20-7-5-4-6-8-20/h2-10,19,26H,11-18H2,1H3,(H,27,31). The molecule has 4 rings (SSSR count). The summed E-state index contributed by atoms with van der Waals surface area (Å²) in [4.78, 5) is 33.3. The minimum atomic E-state index is -0.147. The molecule has 1 aliphatic heterocycles. The Balaban J connectivity index is 1.30. The summed E-state index contributed by atoms with van der Waals surface area (Å²) < 4.78 is 1.57. The first-order valence-electron chi connectivity index (χ1n) is 11.2. The van der Waals surface area contributed by atoms with Gasteiger partial charge in [-0.1, -0.05) is 42.5 Å². The molecule has 1 amide bonds. The predicted octanol–water partition coefficient (Wildman–Crippen LogP) is 2.45. The quantitative estimate of drug-likeness (QED) is 0.535. The molecule has 7 heteroatoms. The third-order valence-corrected chi connectivity index (χ3v) is 6.01. The van der Waals surface area contributed by atoms with Crippen LogP contribution in [0.3, 0.4) is 0 Å². The van der Waals surface area contributed by atoms with E-state index in [-0.39, 0.29) is 11.5 Å². The summed E-state index contributed by atoms with van der Waals surface area (Å²) in [5.74, 6) is -0.147. The Morgan fingerprint density at radius 1 is 1.09 bits per heavy atom. The third-order valence-electron chi connectivity index (χ3n) is 6.01. The second-order valence-corrected chi connectivity index (χ2v) is 8.19. The van der Waals surface area contributed by atoms with Gasteiger partial charge in [0.1, 0.15) is 5.52 Å². The van der Waals surface area contributed by atoms with E-state index in [2.05, 4.69) is 44.4 Å². The Morgan fingerprint density at radius 2 is 1.84 bits per heavy atom. The lowest BCUT2D eigenvalue weighted by molar-refractivity contribution is 0.0935. The highest BCUT2D eigenvalue weighted by Crippen LogP contribution is 2.14. The van der Waals surface area contributed by atoms with E-state index in [9.17, 15) is 9.59 Å². The summed E-state index contributed by atoms with van der Waals surface area (Å²) in [6, 6.07) is 12.4. The number of H-pyrrole nitrogens is 1. The first kappa shape index (κ1) is 22.0. The number of carbonyl (C=O) groups is 1. The van der Waals surface area contributed by atoms with E-state index in [1.54, 1.807) is 23.0 Å². The van der Waals surface area contributed by atoms with Gasteiger partial charge >= 0.3 is 0 Å². The van der Waals surface area contributed by atoms with E-state index < -0.39 is 0 Å². The molecule has 0 radical (unpaired) electrons. The normalized spacial score (nSPS) is 15.5. The lowest BCUT2D eigenvalue weighted by Gasteiger charge is -2.34. The fourth-order valence-electron chi connectivity index (χ4n) is 4.17. The number of fused-ring (bicyclic) bond motifs is 1. The summed E-state index contributed by atoms with van der Waals surface area (Å²) in [6.07, 6.45) is 7.16. The number of benzene rings is 1. The van der Waals surface area contributed by atoms with Crippen LogP contribution in [-0.2, 0) is 13.1 Å². The van der Waals surface area contributed by atoms with Crippen LogP contribution in [0.25, 0.3) is 10.9 Å². The third kappa shape index (κ3) is 5.18. The van der Waals surface area contributed by atoms with Crippen molar-refractivity contribution in [1.29, 1.82) is 0 Å². The molecule has 1 aliphatic rings. The monoisotopic (exact) mass is 433 g/mol. The van der Waals surface area contributed by atoms with Crippen molar-refractivity contribution in [2.75, 3.05) is 39.3 Å². The number of nitrogens with one attached hydrogen (secondary N) is 2. The van der Waals surface area contributed by atoms with Crippen LogP contribution >= 0.6 is 0 Å². The Morgan fingerprint density at radius 3 is 2.59 bits per heavy atom. The van der Waals surface area contributed by atoms with Gasteiger partial charge in [0.15, 0.2) is 0 Å². The number of allylic oxidation sites excluding steroid dienone is 2. The topological polar surface area (TPSA) is 73.4 Å². The summed E-state index contributed by atoms with van der Waals surface area (Å²) in [7, 11) is 0. The SMILES string of the molecule is CC=CCn1cc(C(=O)NCCN2CCN(Cc3ccccc3)CC2)c2cc[nH]c2c1=O. The van der Waals surface area contributed by atoms with Gasteiger partial charge in [0, 0.05) is 70.1 Å². The van der Waals surface area contributed by atoms with Crippen molar-refractivity contribution < 1.29 is 4.79 Å². The lowest BCUT2D eigenvalue weighted by Crippen LogP contribution is -2.48. The largest absolute Gasteiger partial charge is 0.357 e. The molecule has 3 aromatic rings. The maximum atomic E-state index is 12.9. The average molecular weight is 434 g/mol. The van der Waals surface area contributed by atoms with Gasteiger partial charge in [-0.05, 0) is 18.6 Å². The van der Waals surface area contributed by atoms with Crippen molar-refractivity contribution in [1.82, 2.24) is 24.7 Å². The Labute approximate surface area is 188 Å². The number of pyridine rings is 1. The molecule has 1 saturated heterocycles. The number of amides is 1. The van der Waals surface area contributed by atoms with E-state index in [4.69, 9.17) is 0 Å². The molecule has 0 atom stereocenters. The molecule has 168 valence electrons. The summed E-state index contributed by atoms with van der Waals surface area (Å²) in [6.45, 7) is 8.80. The summed E-state index contributed by atoms with van der Waals surface area (Å²) >= 11 is 0. The first-order chi connectivity index (χ1) is 15.7. The zero-order chi connectivity index (χ0) is 22.3. The van der Waals surface area contributed by atoms with Crippen LogP contribution in [0.1, 0.15) is 22.8 Å². The van der Waals surface area contributed by atoms with Crippen LogP contribution in [0.15, 0.2) is 65.7 Å². The highest BCUT2D eigenvalue weighted by Gasteiger charge is 2.18. The Hall–Kier alpha value is -3.16. The van der Waals surface area contributed by atoms with Crippen LogP contribution in [-0.4, -0.2) is 64.5 Å². The van der Waals surface area contributed by atoms with Gasteiger partial charge in [-0.3, -0.25) is 19.4 Å². The molecule has 2 N–H and O–H groups in total. The zero-order valence-corrected chi connectivity index (χ0v) is 18.6. The number of rotatable bonds is 8. The predicted molar refractivity (Wildman–Crippen MR) is 128 cm³/mol. The van der Waals surface area contributed by atoms with Crippen LogP contribution in [0.2, 0.25) is 0 Å². The van der Waals surface area contributed by atoms with Gasteiger partial charge < -0.3 is 14.9 Å². The minimum absolute atomic E-state index is 0.118. The van der Waals surface area contributed by atoms with E-state index in [0.717, 1.165) is 39.3 Å². The van der Waals surface area contributed by atoms with Crippen LogP contribution in [0.4, 0.5) is 0 Å². The summed E-state index contributed by atoms with van der Waals surface area (Å²) in [5.41, 5.74) is 2.22. The van der Waals surface area contributed by atoms with Crippen molar-refractivity contribution in [2.45, 2.75) is 20.0 Å². The Bertz CT molecular complexity index is 1120. The van der Waals surface area contributed by atoms with Crippen molar-refractivity contribution in [3.63, 3.8) is 0 Å². The molecule has 2 aromatic heterocycles. The van der Waals surface area contributed by atoms with Crippen LogP contribution in [0.5, 0.6) is 0 Å². The fraction of sp³-hybridized carbons (Fsp3) is 0.360. The summed E-state index contributed by atoms with van der Waals surface area (Å²) in [5, 5.41) is 3.71. The highest BCUT2D eigenvalue weighted by molar-refractivity contribution is 6.05. The molecule has 0 bridgehead atoms. The minimum Gasteiger partial charge on any atom is -0.357 e. The maximum absolute atomic E-state index is 12.9. The van der Waals surface area contributed by atoms with Crippen LogP contribution in [0, 0.1) is 0 Å². The van der Waals surface area contributed by atoms with Crippen molar-refractivity contribution in [2.24, 2.45) is 0 Å². The first-order valence-corrected chi connectivity index (χ1v) is 11.2. The number of aromatic nitrogens is 2. The molecule has 0 aliphatic carbocycles. The van der Waals surface area contributed by atoms with Gasteiger partial charge in [0.05, 0.1) is 5.56 Å². The number of carbonyl (C=O) groups excluding carboxylic acids is 1. The van der Waals surface area contributed by atoms with Gasteiger partial charge in [0.25, 0.3) is 11.5 Å². The molecular weight excluding hydrogens is 402 g/mol. The van der Waals surface area contributed by atoms with Crippen molar-refractivity contribution in [3.05, 3.63) is 82.4 Å². The van der Waals surface area contributed by atoms with E-state index in [0.29, 0.717) is 29.6 Å². The van der Waals surface area contributed by atoms with Crippen molar-refractivity contribution >= 4 is 16.8 Å². The number of hydrogen-bond donors (Lipinski definition) is 2. The molecule has 0 unspecified atom stereocenters. The molecule has 1 fully saturated rings. The maximum Gasteiger partial charge on any atom is 0.275 e. The highest BCUT2D eigenvalue weighted by atomic mass is 16.2. The molecule has 0 spiro atoms. The second-order valence-electron chi connectivity index (χ2n) is 8.19. The molecule has 0 saturated carbocycles. The number of piperazine rings is 1. The number of hydrogen-bond acceptors (Lipinski definition) is 4. The van der Waals surface area contributed by atoms with E-state index in [1.807, 2.05) is 25.1 Å². The van der Waals surface area contributed by atoms with E-state index in [1.165, 1.54) is 5.56 Å². The zero-order valence-electron chi connectivity index (χ0n) is 18.6. The van der Waals surface area contributed by atoms with E-state index >= 15 is 0 Å². The number of aromatic amines is 1. The van der Waals surface area contributed by atoms with Gasteiger partial charge in [-0.2, -0.15) is 0 Å². The average Bonchev–Trinajstić information content (AvgIpc) is 3.31. The molecular formula is C25H31N5O2. The second kappa shape index (κ2) is 10.4. The smallest absolute Gasteiger partial charge is 0.275 e. The van der Waals surface area contributed by atoms with Crippen LogP contribution < -0.4 is 10.9 Å². The van der Waals surface area contributed by atoms with Crippen molar-refractivity contribution in [3.8, 4) is 0 Å². The Kier molecular flexibility index (Phi) is 7.19. The molecule has 3 heterocycles.